The van der Waals surface area contributed by atoms with E-state index in [0.717, 1.165) is 5.56 Å². The predicted molar refractivity (Wildman–Crippen MR) is 114 cm³/mol. The number of nitrogens with two attached hydrogens (primary N) is 1. The number of rotatable bonds is 4. The lowest BCUT2D eigenvalue weighted by atomic mass is 9.95. The number of likely N-dealkylation sites (tertiary alicyclic amines) is 1. The fourth-order valence-corrected chi connectivity index (χ4v) is 3.59. The van der Waals surface area contributed by atoms with Crippen molar-refractivity contribution in [1.82, 2.24) is 4.90 Å². The van der Waals surface area contributed by atoms with E-state index in [1.165, 1.54) is 0 Å². The van der Waals surface area contributed by atoms with Gasteiger partial charge in [-0.2, -0.15) is 0 Å². The fraction of sp³-hybridized carbons (Fsp3) is 0.238. The molecule has 146 valence electrons. The van der Waals surface area contributed by atoms with Crippen molar-refractivity contribution >= 4 is 52.5 Å². The van der Waals surface area contributed by atoms with Gasteiger partial charge in [0.25, 0.3) is 0 Å². The quantitative estimate of drug-likeness (QED) is 0.569. The van der Waals surface area contributed by atoms with Crippen LogP contribution in [0.2, 0.25) is 10.0 Å². The number of nitrogen functional groups attached to an aromatic ring is 1. The maximum Gasteiger partial charge on any atom is 0.246 e. The summed E-state index contributed by atoms with van der Waals surface area (Å²) in [5.41, 5.74) is 7.49. The molecule has 0 unspecified atom stereocenters. The molecule has 2 amide bonds. The van der Waals surface area contributed by atoms with Gasteiger partial charge in [-0.1, -0.05) is 53.5 Å². The number of hydrogen-bond donors (Lipinski definition) is 2. The van der Waals surface area contributed by atoms with Crippen molar-refractivity contribution in [3.05, 3.63) is 64.1 Å². The van der Waals surface area contributed by atoms with Gasteiger partial charge < -0.3 is 16.0 Å². The Morgan fingerprint density at radius 1 is 1.07 bits per heavy atom. The van der Waals surface area contributed by atoms with Crippen molar-refractivity contribution in [2.75, 3.05) is 24.1 Å². The Balaban J connectivity index is 1.52. The van der Waals surface area contributed by atoms with E-state index in [9.17, 15) is 9.59 Å². The van der Waals surface area contributed by atoms with Crippen molar-refractivity contribution in [2.24, 2.45) is 5.92 Å². The van der Waals surface area contributed by atoms with E-state index in [1.807, 2.05) is 30.3 Å². The molecule has 0 aromatic heterocycles. The zero-order valence-electron chi connectivity index (χ0n) is 15.2. The van der Waals surface area contributed by atoms with E-state index in [0.29, 0.717) is 41.7 Å². The van der Waals surface area contributed by atoms with E-state index < -0.39 is 0 Å². The average Bonchev–Trinajstić information content (AvgIpc) is 2.71. The summed E-state index contributed by atoms with van der Waals surface area (Å²) in [6, 6.07) is 12.8. The number of nitrogens with zero attached hydrogens (tertiary/aromatic N) is 1. The summed E-state index contributed by atoms with van der Waals surface area (Å²) in [5.74, 6) is -0.319. The summed E-state index contributed by atoms with van der Waals surface area (Å²) in [6.45, 7) is 1.08. The van der Waals surface area contributed by atoms with Crippen molar-refractivity contribution in [1.29, 1.82) is 0 Å². The molecule has 2 aromatic carbocycles. The summed E-state index contributed by atoms with van der Waals surface area (Å²) in [6.07, 6.45) is 4.59. The first-order valence-corrected chi connectivity index (χ1v) is 9.77. The van der Waals surface area contributed by atoms with Crippen LogP contribution in [0.4, 0.5) is 11.4 Å². The highest BCUT2D eigenvalue weighted by Crippen LogP contribution is 2.31. The first-order valence-electron chi connectivity index (χ1n) is 9.01. The van der Waals surface area contributed by atoms with E-state index in [-0.39, 0.29) is 23.4 Å². The number of nitrogens with one attached hydrogen (secondary N) is 1. The third-order valence-corrected chi connectivity index (χ3v) is 5.37. The third kappa shape index (κ3) is 5.06. The van der Waals surface area contributed by atoms with Gasteiger partial charge in [0.2, 0.25) is 11.8 Å². The van der Waals surface area contributed by atoms with Crippen LogP contribution in [-0.4, -0.2) is 29.8 Å². The van der Waals surface area contributed by atoms with Gasteiger partial charge in [0, 0.05) is 30.8 Å². The minimum absolute atomic E-state index is 0.0418. The number of amides is 2. The lowest BCUT2D eigenvalue weighted by Gasteiger charge is -2.30. The Morgan fingerprint density at radius 2 is 1.68 bits per heavy atom. The van der Waals surface area contributed by atoms with Gasteiger partial charge in [0.15, 0.2) is 0 Å². The largest absolute Gasteiger partial charge is 0.396 e. The monoisotopic (exact) mass is 417 g/mol. The molecule has 0 radical (unpaired) electrons. The minimum Gasteiger partial charge on any atom is -0.396 e. The molecule has 7 heteroatoms. The highest BCUT2D eigenvalue weighted by molar-refractivity contribution is 6.39. The second-order valence-electron chi connectivity index (χ2n) is 6.69. The van der Waals surface area contributed by atoms with Gasteiger partial charge in [-0.05, 0) is 36.6 Å². The summed E-state index contributed by atoms with van der Waals surface area (Å²) >= 11 is 12.0. The van der Waals surface area contributed by atoms with E-state index in [4.69, 9.17) is 28.9 Å². The summed E-state index contributed by atoms with van der Waals surface area (Å²) in [5, 5.41) is 3.43. The maximum absolute atomic E-state index is 12.5. The zero-order valence-corrected chi connectivity index (χ0v) is 16.7. The molecule has 0 saturated carbocycles. The van der Waals surface area contributed by atoms with Gasteiger partial charge in [-0.25, -0.2) is 0 Å². The summed E-state index contributed by atoms with van der Waals surface area (Å²) in [7, 11) is 0. The van der Waals surface area contributed by atoms with Gasteiger partial charge >= 0.3 is 0 Å². The molecule has 28 heavy (non-hydrogen) atoms. The summed E-state index contributed by atoms with van der Waals surface area (Å²) in [4.78, 5) is 26.6. The molecule has 3 N–H and O–H groups in total. The van der Waals surface area contributed by atoms with Crippen LogP contribution in [0, 0.1) is 5.92 Å². The molecule has 0 aliphatic carbocycles. The Morgan fingerprint density at radius 3 is 2.29 bits per heavy atom. The van der Waals surface area contributed by atoms with Gasteiger partial charge in [-0.3, -0.25) is 9.59 Å². The van der Waals surface area contributed by atoms with Crippen LogP contribution < -0.4 is 11.1 Å². The van der Waals surface area contributed by atoms with Crippen LogP contribution in [0.5, 0.6) is 0 Å². The summed E-state index contributed by atoms with van der Waals surface area (Å²) < 4.78 is 0. The molecule has 1 aliphatic rings. The van der Waals surface area contributed by atoms with Crippen LogP contribution in [0.1, 0.15) is 18.4 Å². The first kappa shape index (κ1) is 20.2. The number of hydrogen-bond acceptors (Lipinski definition) is 3. The zero-order chi connectivity index (χ0) is 20.1. The molecule has 1 saturated heterocycles. The second kappa shape index (κ2) is 9.13. The predicted octanol–water partition coefficient (Wildman–Crippen LogP) is 4.47. The van der Waals surface area contributed by atoms with Crippen molar-refractivity contribution < 1.29 is 9.59 Å². The fourth-order valence-electron chi connectivity index (χ4n) is 3.10. The molecular formula is C21H21Cl2N3O2. The number of benzene rings is 2. The van der Waals surface area contributed by atoms with Crippen LogP contribution in [0.25, 0.3) is 6.08 Å². The molecule has 1 fully saturated rings. The van der Waals surface area contributed by atoms with E-state index in [2.05, 4.69) is 5.32 Å². The molecule has 0 spiro atoms. The SMILES string of the molecule is Nc1c(Cl)cc(NC(=O)C2CCN(C(=O)/C=C/c3ccccc3)CC2)cc1Cl. The number of carbonyl (C=O) groups excluding carboxylic acids is 2. The molecule has 1 heterocycles. The van der Waals surface area contributed by atoms with Gasteiger partial charge in [0.1, 0.15) is 0 Å². The van der Waals surface area contributed by atoms with E-state index >= 15 is 0 Å². The Hall–Kier alpha value is -2.50. The highest BCUT2D eigenvalue weighted by atomic mass is 35.5. The van der Waals surface area contributed by atoms with Crippen LogP contribution in [0.15, 0.2) is 48.5 Å². The molecule has 0 atom stereocenters. The van der Waals surface area contributed by atoms with Gasteiger partial charge in [-0.15, -0.1) is 0 Å². The number of piperidine rings is 1. The minimum atomic E-state index is -0.169. The third-order valence-electron chi connectivity index (χ3n) is 4.74. The second-order valence-corrected chi connectivity index (χ2v) is 7.50. The number of anilines is 2. The number of carbonyl (C=O) groups is 2. The molecule has 1 aliphatic heterocycles. The first-order chi connectivity index (χ1) is 13.4. The lowest BCUT2D eigenvalue weighted by Crippen LogP contribution is -2.40. The normalized spacial score (nSPS) is 15.0. The standard InChI is InChI=1S/C21H21Cl2N3O2/c22-17-12-16(13-18(23)20(17)24)25-21(28)15-8-10-26(11-9-15)19(27)7-6-14-4-2-1-3-5-14/h1-7,12-13,15H,8-11,24H2,(H,25,28)/b7-6+. The topological polar surface area (TPSA) is 75.4 Å². The smallest absolute Gasteiger partial charge is 0.246 e. The Labute approximate surface area is 174 Å². The van der Waals surface area contributed by atoms with Crippen molar-refractivity contribution in [3.8, 4) is 0 Å². The average molecular weight is 418 g/mol. The number of halogens is 2. The molecule has 0 bridgehead atoms. The Bertz CT molecular complexity index is 869. The van der Waals surface area contributed by atoms with E-state index in [1.54, 1.807) is 29.2 Å². The molecule has 5 nitrogen and oxygen atoms in total. The lowest BCUT2D eigenvalue weighted by molar-refractivity contribution is -0.130. The van der Waals surface area contributed by atoms with Crippen molar-refractivity contribution in [2.45, 2.75) is 12.8 Å². The van der Waals surface area contributed by atoms with Crippen LogP contribution >= 0.6 is 23.2 Å². The maximum atomic E-state index is 12.5. The van der Waals surface area contributed by atoms with Gasteiger partial charge in [0.05, 0.1) is 15.7 Å². The van der Waals surface area contributed by atoms with Crippen LogP contribution in [0.3, 0.4) is 0 Å². The van der Waals surface area contributed by atoms with Crippen molar-refractivity contribution in [3.63, 3.8) is 0 Å². The highest BCUT2D eigenvalue weighted by Gasteiger charge is 2.26. The van der Waals surface area contributed by atoms with Crippen LogP contribution in [-0.2, 0) is 9.59 Å². The molecular weight excluding hydrogens is 397 g/mol. The molecule has 2 aromatic rings. The molecule has 3 rings (SSSR count). The Kier molecular flexibility index (Phi) is 6.60.